The summed E-state index contributed by atoms with van der Waals surface area (Å²) in [6, 6.07) is 0. The van der Waals surface area contributed by atoms with E-state index in [9.17, 15) is 9.90 Å². The van der Waals surface area contributed by atoms with Crippen molar-refractivity contribution in [3.05, 3.63) is 21.6 Å². The predicted octanol–water partition coefficient (Wildman–Crippen LogP) is 2.52. The average Bonchev–Trinajstić information content (AvgIpc) is 2.32. The fourth-order valence-electron chi connectivity index (χ4n) is 1.97. The SMILES string of the molecule is CCCn1ncc(NCC(O)CC(C)(C)C)c(Cl)c1=O. The molecule has 0 bridgehead atoms. The Hall–Kier alpha value is -1.07. The third kappa shape index (κ3) is 5.13. The minimum Gasteiger partial charge on any atom is -0.391 e. The molecule has 1 aromatic heterocycles. The highest BCUT2D eigenvalue weighted by atomic mass is 35.5. The van der Waals surface area contributed by atoms with Crippen molar-refractivity contribution in [3.8, 4) is 0 Å². The largest absolute Gasteiger partial charge is 0.391 e. The zero-order chi connectivity index (χ0) is 15.3. The van der Waals surface area contributed by atoms with Gasteiger partial charge in [0.2, 0.25) is 0 Å². The van der Waals surface area contributed by atoms with Crippen LogP contribution in [-0.4, -0.2) is 27.5 Å². The molecule has 1 rings (SSSR count). The minimum absolute atomic E-state index is 0.0493. The fourth-order valence-corrected chi connectivity index (χ4v) is 2.18. The number of aliphatic hydroxyl groups is 1. The van der Waals surface area contributed by atoms with E-state index >= 15 is 0 Å². The van der Waals surface area contributed by atoms with E-state index in [1.165, 1.54) is 10.9 Å². The third-order valence-corrected chi connectivity index (χ3v) is 3.16. The standard InChI is InChI=1S/C14H24ClN3O2/c1-5-6-18-13(20)12(15)11(9-17-18)16-8-10(19)7-14(2,3)4/h9-10,16,19H,5-8H2,1-4H3. The molecule has 1 unspecified atom stereocenters. The topological polar surface area (TPSA) is 67.2 Å². The molecule has 1 aromatic rings. The van der Waals surface area contributed by atoms with E-state index in [-0.39, 0.29) is 16.0 Å². The number of hydrogen-bond donors (Lipinski definition) is 2. The van der Waals surface area contributed by atoms with E-state index in [1.807, 2.05) is 6.92 Å². The van der Waals surface area contributed by atoms with Crippen molar-refractivity contribution in [2.75, 3.05) is 11.9 Å². The maximum Gasteiger partial charge on any atom is 0.287 e. The molecule has 0 saturated heterocycles. The van der Waals surface area contributed by atoms with Gasteiger partial charge in [0.15, 0.2) is 0 Å². The number of hydrogen-bond acceptors (Lipinski definition) is 4. The molecule has 0 aliphatic carbocycles. The molecule has 20 heavy (non-hydrogen) atoms. The van der Waals surface area contributed by atoms with Crippen LogP contribution in [0.3, 0.4) is 0 Å². The second-order valence-corrected chi connectivity index (χ2v) is 6.58. The number of nitrogens with zero attached hydrogens (tertiary/aromatic N) is 2. The van der Waals surface area contributed by atoms with Crippen LogP contribution in [0.1, 0.15) is 40.5 Å². The van der Waals surface area contributed by atoms with E-state index in [0.29, 0.717) is 25.2 Å². The van der Waals surface area contributed by atoms with Crippen LogP contribution in [0.15, 0.2) is 11.0 Å². The van der Waals surface area contributed by atoms with Crippen LogP contribution in [0, 0.1) is 5.41 Å². The van der Waals surface area contributed by atoms with Crippen LogP contribution in [0.4, 0.5) is 5.69 Å². The molecular formula is C14H24ClN3O2. The van der Waals surface area contributed by atoms with E-state index in [4.69, 9.17) is 11.6 Å². The molecule has 0 aliphatic rings. The number of aromatic nitrogens is 2. The van der Waals surface area contributed by atoms with Crippen molar-refractivity contribution in [2.24, 2.45) is 5.41 Å². The van der Waals surface area contributed by atoms with Gasteiger partial charge >= 0.3 is 0 Å². The summed E-state index contributed by atoms with van der Waals surface area (Å²) in [6.45, 7) is 9.06. The van der Waals surface area contributed by atoms with Gasteiger partial charge in [-0.15, -0.1) is 0 Å². The van der Waals surface area contributed by atoms with Crippen LogP contribution >= 0.6 is 11.6 Å². The molecule has 0 aliphatic heterocycles. The van der Waals surface area contributed by atoms with Gasteiger partial charge in [0, 0.05) is 13.1 Å². The lowest BCUT2D eigenvalue weighted by atomic mass is 9.89. The summed E-state index contributed by atoms with van der Waals surface area (Å²) in [5.41, 5.74) is 0.217. The van der Waals surface area contributed by atoms with Crippen molar-refractivity contribution < 1.29 is 5.11 Å². The molecule has 1 heterocycles. The van der Waals surface area contributed by atoms with Crippen molar-refractivity contribution in [1.29, 1.82) is 0 Å². The smallest absolute Gasteiger partial charge is 0.287 e. The van der Waals surface area contributed by atoms with E-state index in [1.54, 1.807) is 0 Å². The average molecular weight is 302 g/mol. The lowest BCUT2D eigenvalue weighted by Crippen LogP contribution is -2.28. The zero-order valence-electron chi connectivity index (χ0n) is 12.6. The van der Waals surface area contributed by atoms with Crippen LogP contribution in [0.25, 0.3) is 0 Å². The van der Waals surface area contributed by atoms with Gasteiger partial charge < -0.3 is 10.4 Å². The van der Waals surface area contributed by atoms with Gasteiger partial charge in [0.25, 0.3) is 5.56 Å². The summed E-state index contributed by atoms with van der Waals surface area (Å²) in [4.78, 5) is 11.9. The first-order chi connectivity index (χ1) is 9.24. The number of aryl methyl sites for hydroxylation is 1. The molecular weight excluding hydrogens is 278 g/mol. The Bertz CT molecular complexity index is 494. The van der Waals surface area contributed by atoms with Gasteiger partial charge in [-0.05, 0) is 18.3 Å². The summed E-state index contributed by atoms with van der Waals surface area (Å²) in [6.07, 6.45) is 2.52. The van der Waals surface area contributed by atoms with Crippen LogP contribution < -0.4 is 10.9 Å². The van der Waals surface area contributed by atoms with Gasteiger partial charge in [0.1, 0.15) is 5.02 Å². The molecule has 0 radical (unpaired) electrons. The summed E-state index contributed by atoms with van der Waals surface area (Å²) in [5.74, 6) is 0. The van der Waals surface area contributed by atoms with E-state index in [0.717, 1.165) is 6.42 Å². The molecule has 2 N–H and O–H groups in total. The lowest BCUT2D eigenvalue weighted by molar-refractivity contribution is 0.132. The van der Waals surface area contributed by atoms with E-state index in [2.05, 4.69) is 31.2 Å². The summed E-state index contributed by atoms with van der Waals surface area (Å²) in [5, 5.41) is 17.1. The lowest BCUT2D eigenvalue weighted by Gasteiger charge is -2.22. The highest BCUT2D eigenvalue weighted by Gasteiger charge is 2.17. The Morgan fingerprint density at radius 3 is 2.70 bits per heavy atom. The second kappa shape index (κ2) is 7.09. The fraction of sp³-hybridized carbons (Fsp3) is 0.714. The Balaban J connectivity index is 2.70. The summed E-state index contributed by atoms with van der Waals surface area (Å²) >= 11 is 6.03. The van der Waals surface area contributed by atoms with Gasteiger partial charge in [0.05, 0.1) is 18.0 Å². The number of rotatable bonds is 6. The Kier molecular flexibility index (Phi) is 6.02. The number of anilines is 1. The number of aliphatic hydroxyl groups excluding tert-OH is 1. The van der Waals surface area contributed by atoms with Crippen molar-refractivity contribution in [1.82, 2.24) is 9.78 Å². The Labute approximate surface area is 125 Å². The van der Waals surface area contributed by atoms with Gasteiger partial charge in [-0.2, -0.15) is 5.10 Å². The highest BCUT2D eigenvalue weighted by molar-refractivity contribution is 6.32. The maximum atomic E-state index is 11.9. The predicted molar refractivity (Wildman–Crippen MR) is 82.4 cm³/mol. The first-order valence-corrected chi connectivity index (χ1v) is 7.30. The normalized spacial score (nSPS) is 13.3. The molecule has 0 fully saturated rings. The Morgan fingerprint density at radius 2 is 2.15 bits per heavy atom. The van der Waals surface area contributed by atoms with Crippen LogP contribution in [0.2, 0.25) is 5.02 Å². The van der Waals surface area contributed by atoms with Crippen molar-refractivity contribution in [3.63, 3.8) is 0 Å². The van der Waals surface area contributed by atoms with Crippen LogP contribution in [0.5, 0.6) is 0 Å². The molecule has 6 heteroatoms. The molecule has 0 aromatic carbocycles. The van der Waals surface area contributed by atoms with Crippen molar-refractivity contribution in [2.45, 2.75) is 53.2 Å². The number of nitrogens with one attached hydrogen (secondary N) is 1. The minimum atomic E-state index is -0.496. The first-order valence-electron chi connectivity index (χ1n) is 6.92. The molecule has 5 nitrogen and oxygen atoms in total. The zero-order valence-corrected chi connectivity index (χ0v) is 13.4. The quantitative estimate of drug-likeness (QED) is 0.847. The first kappa shape index (κ1) is 17.0. The molecule has 114 valence electrons. The van der Waals surface area contributed by atoms with E-state index < -0.39 is 6.10 Å². The molecule has 0 saturated carbocycles. The van der Waals surface area contributed by atoms with Crippen LogP contribution in [-0.2, 0) is 6.54 Å². The number of halogens is 1. The second-order valence-electron chi connectivity index (χ2n) is 6.20. The monoisotopic (exact) mass is 301 g/mol. The molecule has 0 spiro atoms. The maximum absolute atomic E-state index is 11.9. The Morgan fingerprint density at radius 1 is 1.50 bits per heavy atom. The van der Waals surface area contributed by atoms with Gasteiger partial charge in [-0.1, -0.05) is 39.3 Å². The summed E-state index contributed by atoms with van der Waals surface area (Å²) < 4.78 is 1.35. The molecule has 0 amide bonds. The van der Waals surface area contributed by atoms with Gasteiger partial charge in [-0.3, -0.25) is 4.79 Å². The molecule has 1 atom stereocenters. The van der Waals surface area contributed by atoms with Gasteiger partial charge in [-0.25, -0.2) is 4.68 Å². The highest BCUT2D eigenvalue weighted by Crippen LogP contribution is 2.21. The summed E-state index contributed by atoms with van der Waals surface area (Å²) in [7, 11) is 0. The van der Waals surface area contributed by atoms with Crippen molar-refractivity contribution >= 4 is 17.3 Å². The third-order valence-electron chi connectivity index (χ3n) is 2.80.